The maximum atomic E-state index is 6.02. The highest BCUT2D eigenvalue weighted by Gasteiger charge is 2.14. The van der Waals surface area contributed by atoms with Crippen molar-refractivity contribution in [1.82, 2.24) is 20.2 Å². The molecular formula is C9H10ClN5O2. The van der Waals surface area contributed by atoms with Gasteiger partial charge in [-0.1, -0.05) is 16.7 Å². The second-order valence-corrected chi connectivity index (χ2v) is 3.51. The molecule has 0 saturated heterocycles. The van der Waals surface area contributed by atoms with Crippen molar-refractivity contribution in [3.63, 3.8) is 0 Å². The Balaban J connectivity index is 2.61. The number of hydrogen-bond donors (Lipinski definition) is 1. The van der Waals surface area contributed by atoms with Gasteiger partial charge in [-0.05, 0) is 16.5 Å². The van der Waals surface area contributed by atoms with Crippen LogP contribution in [0.3, 0.4) is 0 Å². The summed E-state index contributed by atoms with van der Waals surface area (Å²) in [6, 6.07) is 3.25. The van der Waals surface area contributed by atoms with Gasteiger partial charge in [0.2, 0.25) is 5.95 Å². The van der Waals surface area contributed by atoms with Crippen LogP contribution in [-0.2, 0) is 0 Å². The van der Waals surface area contributed by atoms with E-state index in [4.69, 9.17) is 26.8 Å². The highest BCUT2D eigenvalue weighted by molar-refractivity contribution is 6.32. The van der Waals surface area contributed by atoms with Gasteiger partial charge in [0.25, 0.3) is 0 Å². The monoisotopic (exact) mass is 255 g/mol. The highest BCUT2D eigenvalue weighted by atomic mass is 35.5. The molecule has 0 atom stereocenters. The Morgan fingerprint density at radius 2 is 1.94 bits per heavy atom. The summed E-state index contributed by atoms with van der Waals surface area (Å²) in [4.78, 5) is 0. The van der Waals surface area contributed by atoms with E-state index in [1.54, 1.807) is 12.1 Å². The molecule has 7 nitrogen and oxygen atoms in total. The van der Waals surface area contributed by atoms with E-state index in [-0.39, 0.29) is 5.95 Å². The second-order valence-electron chi connectivity index (χ2n) is 3.11. The molecule has 1 aromatic heterocycles. The largest absolute Gasteiger partial charge is 0.495 e. The van der Waals surface area contributed by atoms with Gasteiger partial charge in [0.05, 0.1) is 19.2 Å². The third kappa shape index (κ3) is 1.96. The van der Waals surface area contributed by atoms with Crippen molar-refractivity contribution in [2.75, 3.05) is 20.0 Å². The summed E-state index contributed by atoms with van der Waals surface area (Å²) in [5.41, 5.74) is 6.16. The second kappa shape index (κ2) is 4.46. The van der Waals surface area contributed by atoms with Crippen LogP contribution in [0.1, 0.15) is 0 Å². The zero-order valence-corrected chi connectivity index (χ0v) is 9.97. The van der Waals surface area contributed by atoms with Crippen LogP contribution < -0.4 is 15.2 Å². The average molecular weight is 256 g/mol. The van der Waals surface area contributed by atoms with Crippen molar-refractivity contribution >= 4 is 17.5 Å². The highest BCUT2D eigenvalue weighted by Crippen LogP contribution is 2.34. The van der Waals surface area contributed by atoms with Crippen LogP contribution >= 0.6 is 11.6 Å². The lowest BCUT2D eigenvalue weighted by Gasteiger charge is -2.11. The van der Waals surface area contributed by atoms with Crippen LogP contribution in [0.5, 0.6) is 11.5 Å². The van der Waals surface area contributed by atoms with E-state index in [0.29, 0.717) is 22.2 Å². The minimum Gasteiger partial charge on any atom is -0.495 e. The minimum atomic E-state index is 0.143. The Morgan fingerprint density at radius 3 is 2.47 bits per heavy atom. The molecule has 2 aromatic rings. The van der Waals surface area contributed by atoms with E-state index in [2.05, 4.69) is 15.5 Å². The number of tetrazole rings is 1. The van der Waals surface area contributed by atoms with Crippen LogP contribution in [0.25, 0.3) is 5.69 Å². The molecule has 17 heavy (non-hydrogen) atoms. The smallest absolute Gasteiger partial charge is 0.245 e. The van der Waals surface area contributed by atoms with E-state index in [9.17, 15) is 0 Å². The van der Waals surface area contributed by atoms with E-state index in [0.717, 1.165) is 0 Å². The van der Waals surface area contributed by atoms with E-state index in [1.165, 1.54) is 18.9 Å². The quantitative estimate of drug-likeness (QED) is 0.877. The standard InChI is InChI=1S/C9H10ClN5O2/c1-16-7-4-8(17-2)6(3-5(7)10)15-9(11)12-13-14-15/h3-4H,1-2H3,(H2,11,12,14). The number of methoxy groups -OCH3 is 2. The van der Waals surface area contributed by atoms with Gasteiger partial charge in [-0.25, -0.2) is 0 Å². The molecule has 0 spiro atoms. The third-order valence-electron chi connectivity index (χ3n) is 2.18. The van der Waals surface area contributed by atoms with Gasteiger partial charge in [-0.3, -0.25) is 0 Å². The summed E-state index contributed by atoms with van der Waals surface area (Å²) < 4.78 is 11.6. The normalized spacial score (nSPS) is 10.3. The molecule has 8 heteroatoms. The molecule has 0 saturated carbocycles. The molecule has 2 rings (SSSR count). The molecule has 0 radical (unpaired) electrons. The van der Waals surface area contributed by atoms with Crippen LogP contribution in [0.4, 0.5) is 5.95 Å². The number of aromatic nitrogens is 4. The predicted molar refractivity (Wildman–Crippen MR) is 61.7 cm³/mol. The summed E-state index contributed by atoms with van der Waals surface area (Å²) in [7, 11) is 3.04. The van der Waals surface area contributed by atoms with E-state index < -0.39 is 0 Å². The van der Waals surface area contributed by atoms with Gasteiger partial charge in [-0.15, -0.1) is 0 Å². The number of benzene rings is 1. The van der Waals surface area contributed by atoms with Crippen molar-refractivity contribution in [2.45, 2.75) is 0 Å². The molecule has 0 amide bonds. The number of anilines is 1. The molecule has 0 aliphatic rings. The molecule has 0 aliphatic carbocycles. The number of hydrogen-bond acceptors (Lipinski definition) is 6. The number of ether oxygens (including phenoxy) is 2. The zero-order valence-electron chi connectivity index (χ0n) is 9.22. The summed E-state index contributed by atoms with van der Waals surface area (Å²) in [5.74, 6) is 1.15. The Bertz CT molecular complexity index is 542. The van der Waals surface area contributed by atoms with Gasteiger partial charge in [0, 0.05) is 6.07 Å². The SMILES string of the molecule is COc1cc(OC)c(-n2nnnc2N)cc1Cl. The molecule has 2 N–H and O–H groups in total. The maximum Gasteiger partial charge on any atom is 0.245 e. The lowest BCUT2D eigenvalue weighted by molar-refractivity contribution is 0.392. The Kier molecular flexibility index (Phi) is 3.01. The van der Waals surface area contributed by atoms with Crippen LogP contribution in [0.2, 0.25) is 5.02 Å². The lowest BCUT2D eigenvalue weighted by atomic mass is 10.2. The average Bonchev–Trinajstić information content (AvgIpc) is 2.75. The Labute approximate surface area is 102 Å². The fourth-order valence-electron chi connectivity index (χ4n) is 1.38. The third-order valence-corrected chi connectivity index (χ3v) is 2.47. The first-order valence-corrected chi connectivity index (χ1v) is 5.01. The fourth-order valence-corrected chi connectivity index (χ4v) is 1.61. The topological polar surface area (TPSA) is 88.1 Å². The lowest BCUT2D eigenvalue weighted by Crippen LogP contribution is -2.05. The number of halogens is 1. The summed E-state index contributed by atoms with van der Waals surface area (Å²) >= 11 is 6.02. The Hall–Kier alpha value is -2.02. The van der Waals surface area contributed by atoms with Crippen molar-refractivity contribution < 1.29 is 9.47 Å². The molecule has 0 aliphatic heterocycles. The fraction of sp³-hybridized carbons (Fsp3) is 0.222. The van der Waals surface area contributed by atoms with Crippen LogP contribution in [-0.4, -0.2) is 34.4 Å². The van der Waals surface area contributed by atoms with Crippen molar-refractivity contribution in [3.05, 3.63) is 17.2 Å². The minimum absolute atomic E-state index is 0.143. The summed E-state index contributed by atoms with van der Waals surface area (Å²) in [6.07, 6.45) is 0. The zero-order chi connectivity index (χ0) is 12.4. The number of nitrogens with two attached hydrogens (primary N) is 1. The van der Waals surface area contributed by atoms with Crippen molar-refractivity contribution in [3.8, 4) is 17.2 Å². The molecule has 0 unspecified atom stereocenters. The predicted octanol–water partition coefficient (Wildman–Crippen LogP) is 0.915. The molecule has 1 heterocycles. The first-order valence-electron chi connectivity index (χ1n) is 4.63. The van der Waals surface area contributed by atoms with E-state index in [1.807, 2.05) is 0 Å². The Morgan fingerprint density at radius 1 is 1.24 bits per heavy atom. The van der Waals surface area contributed by atoms with Crippen LogP contribution in [0, 0.1) is 0 Å². The first-order chi connectivity index (χ1) is 8.17. The first kappa shape index (κ1) is 11.5. The van der Waals surface area contributed by atoms with Gasteiger partial charge in [0.15, 0.2) is 0 Å². The van der Waals surface area contributed by atoms with Gasteiger partial charge >= 0.3 is 0 Å². The van der Waals surface area contributed by atoms with Gasteiger partial charge < -0.3 is 15.2 Å². The molecule has 90 valence electrons. The molecule has 0 fully saturated rings. The maximum absolute atomic E-state index is 6.02. The summed E-state index contributed by atoms with van der Waals surface area (Å²) in [5, 5.41) is 11.2. The van der Waals surface area contributed by atoms with Crippen molar-refractivity contribution in [2.24, 2.45) is 0 Å². The number of rotatable bonds is 3. The summed E-state index contributed by atoms with van der Waals surface area (Å²) in [6.45, 7) is 0. The molecule has 0 bridgehead atoms. The number of nitrogens with zero attached hydrogens (tertiary/aromatic N) is 4. The van der Waals surface area contributed by atoms with Crippen molar-refractivity contribution in [1.29, 1.82) is 0 Å². The van der Waals surface area contributed by atoms with Gasteiger partial charge in [-0.2, -0.15) is 4.68 Å². The molecular weight excluding hydrogens is 246 g/mol. The molecule has 1 aromatic carbocycles. The van der Waals surface area contributed by atoms with Gasteiger partial charge in [0.1, 0.15) is 17.2 Å². The van der Waals surface area contributed by atoms with E-state index >= 15 is 0 Å². The number of nitrogen functional groups attached to an aromatic ring is 1. The van der Waals surface area contributed by atoms with Crippen LogP contribution in [0.15, 0.2) is 12.1 Å².